The fourth-order valence-electron chi connectivity index (χ4n) is 2.28. The lowest BCUT2D eigenvalue weighted by Gasteiger charge is -2.28. The van der Waals surface area contributed by atoms with Crippen LogP contribution in [0.5, 0.6) is 5.88 Å². The van der Waals surface area contributed by atoms with Gasteiger partial charge >= 0.3 is 0 Å². The molecule has 0 atom stereocenters. The van der Waals surface area contributed by atoms with Crippen LogP contribution in [-0.4, -0.2) is 32.4 Å². The van der Waals surface area contributed by atoms with Crippen LogP contribution in [0.15, 0.2) is 36.8 Å². The van der Waals surface area contributed by atoms with Gasteiger partial charge in [0.15, 0.2) is 0 Å². The van der Waals surface area contributed by atoms with E-state index in [-0.39, 0.29) is 11.8 Å². The zero-order valence-electron chi connectivity index (χ0n) is 10.3. The minimum atomic E-state index is 0.00104. The predicted octanol–water partition coefficient (Wildman–Crippen LogP) is 1.38. The maximum Gasteiger partial charge on any atom is 0.254 e. The summed E-state index contributed by atoms with van der Waals surface area (Å²) in [6.45, 7) is 1.18. The van der Waals surface area contributed by atoms with Gasteiger partial charge in [0.2, 0.25) is 5.88 Å². The summed E-state index contributed by atoms with van der Waals surface area (Å²) < 4.78 is 0. The number of aromatic nitrogens is 2. The van der Waals surface area contributed by atoms with E-state index < -0.39 is 0 Å². The van der Waals surface area contributed by atoms with Crippen molar-refractivity contribution >= 4 is 5.91 Å². The number of fused-ring (bicyclic) bond motifs is 1. The average molecular weight is 255 g/mol. The number of hydrogen-bond acceptors (Lipinski definition) is 4. The van der Waals surface area contributed by atoms with Crippen LogP contribution < -0.4 is 0 Å². The molecule has 0 fully saturated rings. The lowest BCUT2D eigenvalue weighted by Crippen LogP contribution is -2.36. The van der Waals surface area contributed by atoms with Gasteiger partial charge in [0, 0.05) is 43.3 Å². The van der Waals surface area contributed by atoms with E-state index in [0.717, 1.165) is 17.5 Å². The van der Waals surface area contributed by atoms with Crippen LogP contribution in [0.4, 0.5) is 0 Å². The molecular weight excluding hydrogens is 242 g/mol. The van der Waals surface area contributed by atoms with Gasteiger partial charge in [-0.1, -0.05) is 0 Å². The Labute approximate surface area is 110 Å². The summed E-state index contributed by atoms with van der Waals surface area (Å²) in [5.41, 5.74) is 2.70. The molecule has 2 aromatic heterocycles. The van der Waals surface area contributed by atoms with Crippen molar-refractivity contribution in [3.8, 4) is 5.88 Å². The highest BCUT2D eigenvalue weighted by Crippen LogP contribution is 2.22. The first-order valence-electron chi connectivity index (χ1n) is 6.10. The van der Waals surface area contributed by atoms with Gasteiger partial charge in [-0.3, -0.25) is 9.78 Å². The maximum atomic E-state index is 12.3. The summed E-state index contributed by atoms with van der Waals surface area (Å²) >= 11 is 0. The van der Waals surface area contributed by atoms with Gasteiger partial charge in [-0.15, -0.1) is 0 Å². The number of pyridine rings is 2. The largest absolute Gasteiger partial charge is 0.493 e. The number of aromatic hydroxyl groups is 1. The van der Waals surface area contributed by atoms with Gasteiger partial charge in [-0.2, -0.15) is 0 Å². The van der Waals surface area contributed by atoms with Crippen LogP contribution in [0.3, 0.4) is 0 Å². The Morgan fingerprint density at radius 2 is 2.05 bits per heavy atom. The third-order valence-electron chi connectivity index (χ3n) is 3.30. The molecule has 0 saturated heterocycles. The molecule has 0 aliphatic carbocycles. The van der Waals surface area contributed by atoms with Crippen molar-refractivity contribution < 1.29 is 9.90 Å². The number of carbonyl (C=O) groups is 1. The van der Waals surface area contributed by atoms with Crippen LogP contribution in [0.2, 0.25) is 0 Å². The minimum absolute atomic E-state index is 0.00104. The van der Waals surface area contributed by atoms with E-state index >= 15 is 0 Å². The highest BCUT2D eigenvalue weighted by atomic mass is 16.3. The molecule has 5 nitrogen and oxygen atoms in total. The van der Waals surface area contributed by atoms with E-state index in [1.54, 1.807) is 41.7 Å². The van der Waals surface area contributed by atoms with E-state index in [1.165, 1.54) is 0 Å². The number of carbonyl (C=O) groups excluding carboxylic acids is 1. The Hall–Kier alpha value is -2.43. The highest BCUT2D eigenvalue weighted by molar-refractivity contribution is 5.94. The zero-order chi connectivity index (χ0) is 13.2. The Morgan fingerprint density at radius 3 is 2.84 bits per heavy atom. The SMILES string of the molecule is O=C(c1ccncc1)N1CCc2cc(O)ncc2C1. The number of rotatable bonds is 1. The first-order chi connectivity index (χ1) is 9.24. The van der Waals surface area contributed by atoms with Crippen LogP contribution in [-0.2, 0) is 13.0 Å². The highest BCUT2D eigenvalue weighted by Gasteiger charge is 2.22. The Kier molecular flexibility index (Phi) is 2.87. The van der Waals surface area contributed by atoms with Crippen molar-refractivity contribution in [1.82, 2.24) is 14.9 Å². The fourth-order valence-corrected chi connectivity index (χ4v) is 2.28. The van der Waals surface area contributed by atoms with Crippen molar-refractivity contribution in [2.24, 2.45) is 0 Å². The van der Waals surface area contributed by atoms with Gasteiger partial charge in [-0.25, -0.2) is 4.98 Å². The molecule has 0 saturated carbocycles. The van der Waals surface area contributed by atoms with Gasteiger partial charge in [-0.05, 0) is 29.7 Å². The smallest absolute Gasteiger partial charge is 0.254 e. The van der Waals surface area contributed by atoms with E-state index in [9.17, 15) is 9.90 Å². The molecule has 3 heterocycles. The van der Waals surface area contributed by atoms with Gasteiger partial charge in [0.25, 0.3) is 5.91 Å². The fraction of sp³-hybridized carbons (Fsp3) is 0.214. The first-order valence-corrected chi connectivity index (χ1v) is 6.10. The molecule has 0 unspecified atom stereocenters. The van der Waals surface area contributed by atoms with Gasteiger partial charge in [0.1, 0.15) is 0 Å². The Balaban J connectivity index is 1.82. The quantitative estimate of drug-likeness (QED) is 0.836. The third kappa shape index (κ3) is 2.27. The molecule has 96 valence electrons. The van der Waals surface area contributed by atoms with Crippen molar-refractivity contribution in [3.63, 3.8) is 0 Å². The summed E-state index contributed by atoms with van der Waals surface area (Å²) in [6.07, 6.45) is 5.61. The van der Waals surface area contributed by atoms with Crippen molar-refractivity contribution in [2.75, 3.05) is 6.54 Å². The standard InChI is InChI=1S/C14H13N3O2/c18-13-7-11-3-6-17(9-12(11)8-16-13)14(19)10-1-4-15-5-2-10/h1-2,4-5,7-8H,3,6,9H2,(H,16,18). The summed E-state index contributed by atoms with van der Waals surface area (Å²) in [7, 11) is 0. The molecule has 0 bridgehead atoms. The summed E-state index contributed by atoms with van der Waals surface area (Å²) in [5.74, 6) is 0.0359. The number of nitrogens with zero attached hydrogens (tertiary/aromatic N) is 3. The Bertz CT molecular complexity index is 613. The van der Waals surface area contributed by atoms with Gasteiger partial charge < -0.3 is 10.0 Å². The van der Waals surface area contributed by atoms with E-state index in [0.29, 0.717) is 18.7 Å². The molecule has 1 N–H and O–H groups in total. The molecule has 0 radical (unpaired) electrons. The molecular formula is C14H13N3O2. The van der Waals surface area contributed by atoms with Crippen molar-refractivity contribution in [3.05, 3.63) is 53.5 Å². The first kappa shape index (κ1) is 11.6. The molecule has 1 aliphatic heterocycles. The van der Waals surface area contributed by atoms with E-state index in [4.69, 9.17) is 0 Å². The number of amides is 1. The van der Waals surface area contributed by atoms with Crippen molar-refractivity contribution in [2.45, 2.75) is 13.0 Å². The van der Waals surface area contributed by atoms with E-state index in [1.807, 2.05) is 0 Å². The van der Waals surface area contributed by atoms with Crippen molar-refractivity contribution in [1.29, 1.82) is 0 Å². The second-order valence-electron chi connectivity index (χ2n) is 4.52. The second kappa shape index (κ2) is 4.68. The summed E-state index contributed by atoms with van der Waals surface area (Å²) in [6, 6.07) is 5.10. The third-order valence-corrected chi connectivity index (χ3v) is 3.30. The summed E-state index contributed by atoms with van der Waals surface area (Å²) in [4.78, 5) is 21.9. The molecule has 0 aromatic carbocycles. The van der Waals surface area contributed by atoms with Crippen LogP contribution in [0, 0.1) is 0 Å². The Morgan fingerprint density at radius 1 is 1.26 bits per heavy atom. The second-order valence-corrected chi connectivity index (χ2v) is 4.52. The van der Waals surface area contributed by atoms with Crippen LogP contribution >= 0.6 is 0 Å². The number of hydrogen-bond donors (Lipinski definition) is 1. The molecule has 1 amide bonds. The molecule has 1 aliphatic rings. The minimum Gasteiger partial charge on any atom is -0.493 e. The molecule has 19 heavy (non-hydrogen) atoms. The molecule has 3 rings (SSSR count). The molecule has 2 aromatic rings. The lowest BCUT2D eigenvalue weighted by atomic mass is 10.0. The summed E-state index contributed by atoms with van der Waals surface area (Å²) in [5, 5.41) is 9.34. The average Bonchev–Trinajstić information content (AvgIpc) is 2.47. The van der Waals surface area contributed by atoms with Gasteiger partial charge in [0.05, 0.1) is 0 Å². The molecule has 0 spiro atoms. The monoisotopic (exact) mass is 255 g/mol. The van der Waals surface area contributed by atoms with Crippen LogP contribution in [0.25, 0.3) is 0 Å². The predicted molar refractivity (Wildman–Crippen MR) is 68.6 cm³/mol. The lowest BCUT2D eigenvalue weighted by molar-refractivity contribution is 0.0734. The van der Waals surface area contributed by atoms with Crippen LogP contribution in [0.1, 0.15) is 21.5 Å². The van der Waals surface area contributed by atoms with E-state index in [2.05, 4.69) is 9.97 Å². The maximum absolute atomic E-state index is 12.3. The normalized spacial score (nSPS) is 14.0. The zero-order valence-corrected chi connectivity index (χ0v) is 10.3. The molecule has 5 heteroatoms. The topological polar surface area (TPSA) is 66.3 Å².